The average Bonchev–Trinajstić information content (AvgIpc) is 2.69. The SMILES string of the molecule is CN(Cc1ccccc1Br)C(=O)C1CCCCCN1. The molecule has 19 heavy (non-hydrogen) atoms. The maximum atomic E-state index is 12.4. The van der Waals surface area contributed by atoms with Crippen LogP contribution >= 0.6 is 15.9 Å². The summed E-state index contributed by atoms with van der Waals surface area (Å²) in [5.74, 6) is 0.206. The third kappa shape index (κ3) is 4.05. The number of nitrogens with one attached hydrogen (secondary N) is 1. The number of halogens is 1. The van der Waals surface area contributed by atoms with Crippen LogP contribution in [0.25, 0.3) is 0 Å². The van der Waals surface area contributed by atoms with Crippen LogP contribution in [0.15, 0.2) is 28.7 Å². The number of likely N-dealkylation sites (N-methyl/N-ethyl adjacent to an activating group) is 1. The zero-order chi connectivity index (χ0) is 13.7. The first-order valence-electron chi connectivity index (χ1n) is 6.90. The molecule has 0 aliphatic carbocycles. The summed E-state index contributed by atoms with van der Waals surface area (Å²) in [7, 11) is 1.88. The highest BCUT2D eigenvalue weighted by Crippen LogP contribution is 2.18. The molecule has 2 rings (SSSR count). The summed E-state index contributed by atoms with van der Waals surface area (Å²) in [6.07, 6.45) is 4.51. The second-order valence-corrected chi connectivity index (χ2v) is 6.00. The molecule has 1 fully saturated rings. The first-order chi connectivity index (χ1) is 9.18. The van der Waals surface area contributed by atoms with Crippen LogP contribution < -0.4 is 5.32 Å². The molecule has 0 spiro atoms. The summed E-state index contributed by atoms with van der Waals surface area (Å²) in [4.78, 5) is 14.2. The van der Waals surface area contributed by atoms with Crippen LogP contribution in [0.2, 0.25) is 0 Å². The Balaban J connectivity index is 1.97. The lowest BCUT2D eigenvalue weighted by molar-refractivity contribution is -0.132. The summed E-state index contributed by atoms with van der Waals surface area (Å²) >= 11 is 3.53. The van der Waals surface area contributed by atoms with Crippen LogP contribution in [0.4, 0.5) is 0 Å². The first kappa shape index (κ1) is 14.5. The van der Waals surface area contributed by atoms with Gasteiger partial charge in [-0.25, -0.2) is 0 Å². The molecule has 0 radical (unpaired) electrons. The van der Waals surface area contributed by atoms with Gasteiger partial charge in [-0.05, 0) is 31.0 Å². The summed E-state index contributed by atoms with van der Waals surface area (Å²) in [6.45, 7) is 1.61. The molecular weight excluding hydrogens is 304 g/mol. The Hall–Kier alpha value is -0.870. The van der Waals surface area contributed by atoms with Crippen LogP contribution in [0.3, 0.4) is 0 Å². The maximum Gasteiger partial charge on any atom is 0.239 e. The number of benzene rings is 1. The number of carbonyl (C=O) groups excluding carboxylic acids is 1. The van der Waals surface area contributed by atoms with Crippen molar-refractivity contribution in [3.63, 3.8) is 0 Å². The van der Waals surface area contributed by atoms with E-state index in [0.717, 1.165) is 29.4 Å². The van der Waals surface area contributed by atoms with Crippen molar-refractivity contribution in [3.05, 3.63) is 34.3 Å². The highest BCUT2D eigenvalue weighted by atomic mass is 79.9. The van der Waals surface area contributed by atoms with Gasteiger partial charge < -0.3 is 10.2 Å². The van der Waals surface area contributed by atoms with Gasteiger partial charge in [-0.1, -0.05) is 47.0 Å². The molecule has 1 aromatic carbocycles. The zero-order valence-electron chi connectivity index (χ0n) is 11.4. The molecule has 1 aromatic rings. The minimum absolute atomic E-state index is 0.00464. The van der Waals surface area contributed by atoms with Gasteiger partial charge in [0, 0.05) is 18.1 Å². The van der Waals surface area contributed by atoms with Crippen LogP contribution in [-0.4, -0.2) is 30.4 Å². The molecule has 1 unspecified atom stereocenters. The van der Waals surface area contributed by atoms with Crippen LogP contribution in [0, 0.1) is 0 Å². The normalized spacial score (nSPS) is 19.8. The van der Waals surface area contributed by atoms with Crippen molar-refractivity contribution < 1.29 is 4.79 Å². The molecule has 1 heterocycles. The second-order valence-electron chi connectivity index (χ2n) is 5.14. The fourth-order valence-corrected chi connectivity index (χ4v) is 2.88. The highest BCUT2D eigenvalue weighted by Gasteiger charge is 2.22. The Kier molecular flexibility index (Phi) is 5.40. The van der Waals surface area contributed by atoms with Gasteiger partial charge in [0.25, 0.3) is 0 Å². The summed E-state index contributed by atoms with van der Waals surface area (Å²) in [5.41, 5.74) is 1.15. The Morgan fingerprint density at radius 1 is 1.37 bits per heavy atom. The fraction of sp³-hybridized carbons (Fsp3) is 0.533. The molecule has 3 nitrogen and oxygen atoms in total. The predicted octanol–water partition coefficient (Wildman–Crippen LogP) is 2.94. The Morgan fingerprint density at radius 2 is 2.16 bits per heavy atom. The topological polar surface area (TPSA) is 32.3 Å². The molecular formula is C15H21BrN2O. The van der Waals surface area contributed by atoms with Crippen molar-refractivity contribution in [2.45, 2.75) is 38.3 Å². The molecule has 0 aromatic heterocycles. The molecule has 1 N–H and O–H groups in total. The van der Waals surface area contributed by atoms with E-state index in [9.17, 15) is 4.79 Å². The van der Waals surface area contributed by atoms with E-state index in [1.54, 1.807) is 0 Å². The molecule has 1 aliphatic rings. The minimum atomic E-state index is -0.00464. The zero-order valence-corrected chi connectivity index (χ0v) is 12.9. The van der Waals surface area contributed by atoms with Gasteiger partial charge in [-0.15, -0.1) is 0 Å². The van der Waals surface area contributed by atoms with Crippen molar-refractivity contribution >= 4 is 21.8 Å². The second kappa shape index (κ2) is 7.06. The van der Waals surface area contributed by atoms with Crippen molar-refractivity contribution in [3.8, 4) is 0 Å². The van der Waals surface area contributed by atoms with Gasteiger partial charge in [0.2, 0.25) is 5.91 Å². The molecule has 0 saturated carbocycles. The lowest BCUT2D eigenvalue weighted by Crippen LogP contribution is -2.44. The van der Waals surface area contributed by atoms with E-state index in [2.05, 4.69) is 21.2 Å². The maximum absolute atomic E-state index is 12.4. The lowest BCUT2D eigenvalue weighted by Gasteiger charge is -2.24. The van der Waals surface area contributed by atoms with Gasteiger partial charge in [0.15, 0.2) is 0 Å². The van der Waals surface area contributed by atoms with Gasteiger partial charge in [0.05, 0.1) is 6.04 Å². The van der Waals surface area contributed by atoms with E-state index >= 15 is 0 Å². The largest absolute Gasteiger partial charge is 0.340 e. The van der Waals surface area contributed by atoms with E-state index in [4.69, 9.17) is 0 Å². The average molecular weight is 325 g/mol. The standard InChI is InChI=1S/C15H21BrN2O/c1-18(11-12-7-4-5-8-13(12)16)15(19)14-9-3-2-6-10-17-14/h4-5,7-8,14,17H,2-3,6,9-11H2,1H3. The Labute approximate surface area is 123 Å². The minimum Gasteiger partial charge on any atom is -0.340 e. The summed E-state index contributed by atoms with van der Waals surface area (Å²) < 4.78 is 1.06. The van der Waals surface area contributed by atoms with E-state index in [-0.39, 0.29) is 11.9 Å². The highest BCUT2D eigenvalue weighted by molar-refractivity contribution is 9.10. The predicted molar refractivity (Wildman–Crippen MR) is 80.9 cm³/mol. The van der Waals surface area contributed by atoms with E-state index in [1.165, 1.54) is 12.8 Å². The smallest absolute Gasteiger partial charge is 0.239 e. The van der Waals surface area contributed by atoms with E-state index in [0.29, 0.717) is 6.54 Å². The van der Waals surface area contributed by atoms with Crippen molar-refractivity contribution in [2.75, 3.05) is 13.6 Å². The fourth-order valence-electron chi connectivity index (χ4n) is 2.47. The van der Waals surface area contributed by atoms with Crippen molar-refractivity contribution in [2.24, 2.45) is 0 Å². The number of amides is 1. The van der Waals surface area contributed by atoms with Gasteiger partial charge in [-0.2, -0.15) is 0 Å². The molecule has 0 bridgehead atoms. The third-order valence-corrected chi connectivity index (χ3v) is 4.37. The van der Waals surface area contributed by atoms with Crippen LogP contribution in [0.1, 0.15) is 31.2 Å². The summed E-state index contributed by atoms with van der Waals surface area (Å²) in [5, 5.41) is 3.36. The van der Waals surface area contributed by atoms with Crippen molar-refractivity contribution in [1.82, 2.24) is 10.2 Å². The number of nitrogens with zero attached hydrogens (tertiary/aromatic N) is 1. The molecule has 1 amide bonds. The number of rotatable bonds is 3. The number of hydrogen-bond donors (Lipinski definition) is 1. The van der Waals surface area contributed by atoms with Crippen LogP contribution in [-0.2, 0) is 11.3 Å². The molecule has 1 atom stereocenters. The molecule has 1 saturated heterocycles. The number of hydrogen-bond acceptors (Lipinski definition) is 2. The Bertz CT molecular complexity index is 428. The summed E-state index contributed by atoms with van der Waals surface area (Å²) in [6, 6.07) is 8.05. The van der Waals surface area contributed by atoms with Gasteiger partial charge >= 0.3 is 0 Å². The molecule has 1 aliphatic heterocycles. The number of carbonyl (C=O) groups is 1. The van der Waals surface area contributed by atoms with Crippen molar-refractivity contribution in [1.29, 1.82) is 0 Å². The quantitative estimate of drug-likeness (QED) is 0.927. The van der Waals surface area contributed by atoms with Gasteiger partial charge in [0.1, 0.15) is 0 Å². The Morgan fingerprint density at radius 3 is 2.95 bits per heavy atom. The van der Waals surface area contributed by atoms with E-state index < -0.39 is 0 Å². The molecule has 4 heteroatoms. The first-order valence-corrected chi connectivity index (χ1v) is 7.69. The monoisotopic (exact) mass is 324 g/mol. The lowest BCUT2D eigenvalue weighted by atomic mass is 10.1. The van der Waals surface area contributed by atoms with Crippen LogP contribution in [0.5, 0.6) is 0 Å². The third-order valence-electron chi connectivity index (χ3n) is 3.60. The molecule has 104 valence electrons. The van der Waals surface area contributed by atoms with E-state index in [1.807, 2.05) is 36.2 Å². The van der Waals surface area contributed by atoms with Gasteiger partial charge in [-0.3, -0.25) is 4.79 Å².